The SMILES string of the molecule is CCn1c(SCc2nc3sc(C)c(C)c3c(=O)[nH]2)nnc1-c1ccc(Cl)cc1. The maximum Gasteiger partial charge on any atom is 0.259 e. The largest absolute Gasteiger partial charge is 0.309 e. The third-order valence-electron chi connectivity index (χ3n) is 4.56. The number of aryl methyl sites for hydroxylation is 2. The molecule has 0 saturated heterocycles. The molecule has 0 saturated carbocycles. The third-order valence-corrected chi connectivity index (χ3v) is 6.89. The van der Waals surface area contributed by atoms with Crippen molar-refractivity contribution in [3.63, 3.8) is 0 Å². The Kier molecular flexibility index (Phi) is 5.27. The predicted molar refractivity (Wildman–Crippen MR) is 115 cm³/mol. The topological polar surface area (TPSA) is 76.5 Å². The maximum absolute atomic E-state index is 12.4. The number of aromatic nitrogens is 5. The van der Waals surface area contributed by atoms with E-state index < -0.39 is 0 Å². The third kappa shape index (κ3) is 3.47. The summed E-state index contributed by atoms with van der Waals surface area (Å²) in [4.78, 5) is 21.9. The Bertz CT molecular complexity index is 1210. The van der Waals surface area contributed by atoms with Crippen LogP contribution in [0.15, 0.2) is 34.2 Å². The lowest BCUT2D eigenvalue weighted by Gasteiger charge is -2.07. The number of rotatable bonds is 5. The zero-order valence-electron chi connectivity index (χ0n) is 15.6. The fourth-order valence-corrected chi connectivity index (χ4v) is 5.04. The van der Waals surface area contributed by atoms with E-state index in [0.717, 1.165) is 38.4 Å². The van der Waals surface area contributed by atoms with Crippen LogP contribution >= 0.6 is 34.7 Å². The van der Waals surface area contributed by atoms with Crippen LogP contribution in [0.3, 0.4) is 0 Å². The summed E-state index contributed by atoms with van der Waals surface area (Å²) in [5, 5.41) is 10.8. The molecular weight excluding hydrogens is 414 g/mol. The molecule has 3 aromatic heterocycles. The number of benzene rings is 1. The number of hydrogen-bond donors (Lipinski definition) is 1. The van der Waals surface area contributed by atoms with Gasteiger partial charge in [0.2, 0.25) is 0 Å². The zero-order valence-corrected chi connectivity index (χ0v) is 18.0. The minimum absolute atomic E-state index is 0.0822. The van der Waals surface area contributed by atoms with Gasteiger partial charge in [0.25, 0.3) is 5.56 Å². The highest BCUT2D eigenvalue weighted by Gasteiger charge is 2.15. The van der Waals surface area contributed by atoms with E-state index in [2.05, 4.69) is 27.1 Å². The van der Waals surface area contributed by atoms with Crippen LogP contribution < -0.4 is 5.56 Å². The molecule has 6 nitrogen and oxygen atoms in total. The first-order valence-electron chi connectivity index (χ1n) is 8.78. The number of hydrogen-bond acceptors (Lipinski definition) is 6. The predicted octanol–water partition coefficient (Wildman–Crippen LogP) is 4.83. The number of aromatic amines is 1. The van der Waals surface area contributed by atoms with Crippen LogP contribution in [0.4, 0.5) is 0 Å². The molecule has 0 amide bonds. The molecular formula is C19H18ClN5OS2. The van der Waals surface area contributed by atoms with Crippen molar-refractivity contribution in [3.8, 4) is 11.4 Å². The van der Waals surface area contributed by atoms with E-state index in [1.165, 1.54) is 11.8 Å². The molecule has 0 fully saturated rings. The number of nitrogens with one attached hydrogen (secondary N) is 1. The molecule has 0 aliphatic rings. The van der Waals surface area contributed by atoms with Crippen molar-refractivity contribution in [2.24, 2.45) is 0 Å². The van der Waals surface area contributed by atoms with Gasteiger partial charge in [-0.2, -0.15) is 0 Å². The molecule has 144 valence electrons. The van der Waals surface area contributed by atoms with Crippen LogP contribution in [0.25, 0.3) is 21.6 Å². The van der Waals surface area contributed by atoms with Gasteiger partial charge in [-0.3, -0.25) is 4.79 Å². The summed E-state index contributed by atoms with van der Waals surface area (Å²) in [5.74, 6) is 1.95. The molecule has 0 aliphatic carbocycles. The molecule has 0 bridgehead atoms. The highest BCUT2D eigenvalue weighted by molar-refractivity contribution is 7.98. The summed E-state index contributed by atoms with van der Waals surface area (Å²) < 4.78 is 2.05. The molecule has 28 heavy (non-hydrogen) atoms. The van der Waals surface area contributed by atoms with Gasteiger partial charge in [0.15, 0.2) is 11.0 Å². The Hall–Kier alpha value is -2.16. The van der Waals surface area contributed by atoms with E-state index in [1.54, 1.807) is 11.3 Å². The van der Waals surface area contributed by atoms with Crippen LogP contribution in [-0.2, 0) is 12.3 Å². The van der Waals surface area contributed by atoms with Crippen molar-refractivity contribution in [1.82, 2.24) is 24.7 Å². The van der Waals surface area contributed by atoms with Crippen LogP contribution in [0.1, 0.15) is 23.2 Å². The minimum atomic E-state index is -0.0822. The standard InChI is InChI=1S/C19H18ClN5OS2/c1-4-25-16(12-5-7-13(20)8-6-12)23-24-19(25)27-9-14-21-17(26)15-10(2)11(3)28-18(15)22-14/h5-8H,4,9H2,1-3H3,(H,21,22,26). The first-order chi connectivity index (χ1) is 13.5. The smallest absolute Gasteiger partial charge is 0.259 e. The fraction of sp³-hybridized carbons (Fsp3) is 0.263. The first-order valence-corrected chi connectivity index (χ1v) is 11.0. The van der Waals surface area contributed by atoms with Gasteiger partial charge in [0.05, 0.1) is 11.1 Å². The number of thiophene rings is 1. The molecule has 4 aromatic rings. The Balaban J connectivity index is 1.61. The summed E-state index contributed by atoms with van der Waals surface area (Å²) in [6.45, 7) is 6.76. The molecule has 0 unspecified atom stereocenters. The van der Waals surface area contributed by atoms with Crippen LogP contribution in [0.5, 0.6) is 0 Å². The van der Waals surface area contributed by atoms with E-state index in [9.17, 15) is 4.79 Å². The molecule has 0 aliphatic heterocycles. The number of nitrogens with zero attached hydrogens (tertiary/aromatic N) is 4. The van der Waals surface area contributed by atoms with Crippen LogP contribution in [-0.4, -0.2) is 24.7 Å². The maximum atomic E-state index is 12.4. The first kappa shape index (κ1) is 19.2. The lowest BCUT2D eigenvalue weighted by Crippen LogP contribution is -2.11. The Labute approximate surface area is 175 Å². The lowest BCUT2D eigenvalue weighted by atomic mass is 10.2. The molecule has 0 atom stereocenters. The average molecular weight is 432 g/mol. The molecule has 1 aromatic carbocycles. The van der Waals surface area contributed by atoms with Crippen molar-refractivity contribution < 1.29 is 0 Å². The molecule has 4 rings (SSSR count). The quantitative estimate of drug-likeness (QED) is 0.458. The van der Waals surface area contributed by atoms with E-state index in [-0.39, 0.29) is 5.56 Å². The average Bonchev–Trinajstić information content (AvgIpc) is 3.21. The number of thioether (sulfide) groups is 1. The van der Waals surface area contributed by atoms with Crippen LogP contribution in [0, 0.1) is 13.8 Å². The molecule has 0 spiro atoms. The minimum Gasteiger partial charge on any atom is -0.309 e. The molecule has 0 radical (unpaired) electrons. The van der Waals surface area contributed by atoms with Gasteiger partial charge in [-0.25, -0.2) is 4.98 Å². The monoisotopic (exact) mass is 431 g/mol. The summed E-state index contributed by atoms with van der Waals surface area (Å²) in [7, 11) is 0. The number of H-pyrrole nitrogens is 1. The lowest BCUT2D eigenvalue weighted by molar-refractivity contribution is 0.687. The normalized spacial score (nSPS) is 11.4. The van der Waals surface area contributed by atoms with E-state index in [0.29, 0.717) is 22.0 Å². The van der Waals surface area contributed by atoms with E-state index in [1.807, 2.05) is 42.7 Å². The number of fused-ring (bicyclic) bond motifs is 1. The Morgan fingerprint density at radius 1 is 1.21 bits per heavy atom. The molecule has 9 heteroatoms. The summed E-state index contributed by atoms with van der Waals surface area (Å²) in [6, 6.07) is 7.54. The zero-order chi connectivity index (χ0) is 19.8. The highest BCUT2D eigenvalue weighted by Crippen LogP contribution is 2.28. The van der Waals surface area contributed by atoms with Gasteiger partial charge in [-0.05, 0) is 50.6 Å². The second-order valence-electron chi connectivity index (χ2n) is 6.32. The van der Waals surface area contributed by atoms with Crippen molar-refractivity contribution in [1.29, 1.82) is 0 Å². The van der Waals surface area contributed by atoms with Gasteiger partial charge in [0.1, 0.15) is 10.7 Å². The fourth-order valence-electron chi connectivity index (χ4n) is 2.99. The van der Waals surface area contributed by atoms with E-state index in [4.69, 9.17) is 11.6 Å². The molecule has 1 N–H and O–H groups in total. The van der Waals surface area contributed by atoms with E-state index >= 15 is 0 Å². The second-order valence-corrected chi connectivity index (χ2v) is 8.90. The van der Waals surface area contributed by atoms with Crippen molar-refractivity contribution in [2.45, 2.75) is 38.2 Å². The van der Waals surface area contributed by atoms with Gasteiger partial charge in [-0.15, -0.1) is 21.5 Å². The molecule has 3 heterocycles. The van der Waals surface area contributed by atoms with Gasteiger partial charge in [0, 0.05) is 22.0 Å². The van der Waals surface area contributed by atoms with Crippen molar-refractivity contribution >= 4 is 44.9 Å². The Morgan fingerprint density at radius 2 is 1.96 bits per heavy atom. The van der Waals surface area contributed by atoms with Crippen LogP contribution in [0.2, 0.25) is 5.02 Å². The Morgan fingerprint density at radius 3 is 2.68 bits per heavy atom. The van der Waals surface area contributed by atoms with Gasteiger partial charge in [-0.1, -0.05) is 23.4 Å². The summed E-state index contributed by atoms with van der Waals surface area (Å²) >= 11 is 9.04. The number of halogens is 1. The highest BCUT2D eigenvalue weighted by atomic mass is 35.5. The summed E-state index contributed by atoms with van der Waals surface area (Å²) in [5.41, 5.74) is 1.88. The second kappa shape index (κ2) is 7.69. The van der Waals surface area contributed by atoms with Gasteiger partial charge >= 0.3 is 0 Å². The van der Waals surface area contributed by atoms with Crippen molar-refractivity contribution in [3.05, 3.63) is 55.9 Å². The van der Waals surface area contributed by atoms with Gasteiger partial charge < -0.3 is 9.55 Å². The van der Waals surface area contributed by atoms with Crippen molar-refractivity contribution in [2.75, 3.05) is 0 Å². The summed E-state index contributed by atoms with van der Waals surface area (Å²) in [6.07, 6.45) is 0.